The van der Waals surface area contributed by atoms with Gasteiger partial charge in [0.15, 0.2) is 0 Å². The van der Waals surface area contributed by atoms with Gasteiger partial charge in [0.05, 0.1) is 0 Å². The van der Waals surface area contributed by atoms with Gasteiger partial charge in [-0.3, -0.25) is 20.2 Å². The largest absolute Gasteiger partial charge is 0.932 e. The minimum Gasteiger partial charge on any atom is -0.287 e. The van der Waals surface area contributed by atoms with Crippen molar-refractivity contribution in [1.82, 2.24) is 0 Å². The van der Waals surface area contributed by atoms with Gasteiger partial charge in [0.1, 0.15) is 0 Å². The Morgan fingerprint density at radius 2 is 1.43 bits per heavy atom. The molecule has 0 aliphatic heterocycles. The molecule has 7 heavy (non-hydrogen) atoms. The van der Waals surface area contributed by atoms with Gasteiger partial charge in [-0.25, -0.2) is 0 Å². The molecule has 0 unspecified atom stereocenters. The van der Waals surface area contributed by atoms with E-state index in [9.17, 15) is 20.2 Å². The van der Waals surface area contributed by atoms with E-state index < -0.39 is 17.2 Å². The van der Waals surface area contributed by atoms with Gasteiger partial charge in [0.2, 0.25) is 0 Å². The summed E-state index contributed by atoms with van der Waals surface area (Å²) in [6.07, 6.45) is 0. The summed E-state index contributed by atoms with van der Waals surface area (Å²) in [6.45, 7) is 0. The molecule has 0 heterocycles. The van der Waals surface area contributed by atoms with Crippen molar-refractivity contribution in [2.75, 3.05) is 0 Å². The molecule has 0 aromatic carbocycles. The van der Waals surface area contributed by atoms with E-state index in [1.165, 1.54) is 0 Å². The normalized spacial score (nSPS) is 7.43. The third kappa shape index (κ3) is 4.86. The highest BCUT2D eigenvalue weighted by Gasteiger charge is 2.20. The minimum absolute atomic E-state index is 1.00. The van der Waals surface area contributed by atoms with E-state index in [0.29, 0.717) is 0 Å². The van der Waals surface area contributed by atoms with Gasteiger partial charge in [0, 0.05) is 9.67 Å². The molecule has 0 radical (unpaired) electrons. The smallest absolute Gasteiger partial charge is 0.287 e. The molecule has 0 N–H and O–H groups in total. The molecule has 0 aromatic heterocycles. The predicted molar refractivity (Wildman–Crippen MR) is 21.1 cm³/mol. The van der Waals surface area contributed by atoms with Gasteiger partial charge in [-0.2, -0.15) is 0 Å². The van der Waals surface area contributed by atoms with Crippen molar-refractivity contribution < 1.29 is 9.67 Å². The first-order valence-electron chi connectivity index (χ1n) is 1.36. The van der Waals surface area contributed by atoms with E-state index in [0.717, 1.165) is 0 Å². The summed E-state index contributed by atoms with van der Waals surface area (Å²) in [5.41, 5.74) is 0. The van der Waals surface area contributed by atoms with Crippen LogP contribution >= 0.6 is 0 Å². The summed E-state index contributed by atoms with van der Waals surface area (Å²) in [7, 11) is -1.19. The number of rotatable bonds is 2. The van der Waals surface area contributed by atoms with E-state index in [1.54, 1.807) is 0 Å². The zero-order chi connectivity index (χ0) is 5.86. The Labute approximate surface area is 38.7 Å². The second-order valence-corrected chi connectivity index (χ2v) is 0.807. The quantitative estimate of drug-likeness (QED) is 0.250. The summed E-state index contributed by atoms with van der Waals surface area (Å²) in [5, 5.41) is 18.3. The fourth-order valence-corrected chi connectivity index (χ4v) is 0.0943. The van der Waals surface area contributed by atoms with Crippen LogP contribution in [0.2, 0.25) is 0 Å². The zero-order valence-corrected chi connectivity index (χ0v) is 3.23. The number of hydrogen-bond acceptors (Lipinski definition) is 4. The molecule has 0 saturated carbocycles. The first-order valence-corrected chi connectivity index (χ1v) is 1.36. The Hall–Kier alpha value is -1.14. The molecule has 0 rings (SSSR count). The summed E-state index contributed by atoms with van der Waals surface area (Å²) in [4.78, 5) is 16.3. The Balaban J connectivity index is 3.32. The molecule has 7 heteroatoms. The van der Waals surface area contributed by atoms with Crippen LogP contribution in [0.3, 0.4) is 0 Å². The zero-order valence-electron chi connectivity index (χ0n) is 3.23. The van der Waals surface area contributed by atoms with Crippen molar-refractivity contribution in [1.29, 1.82) is 0 Å². The lowest BCUT2D eigenvalue weighted by atomic mass is 10.2. The Bertz CT molecular complexity index is 85.9. The summed E-state index contributed by atoms with van der Waals surface area (Å²) in [5.74, 6) is 0. The standard InChI is InChI=1S/BHN2O4/c4-2(5)1-3(6)7/h1H. The lowest BCUT2D eigenvalue weighted by Crippen LogP contribution is -2.15. The van der Waals surface area contributed by atoms with Gasteiger partial charge in [-0.05, 0) is 0 Å². The van der Waals surface area contributed by atoms with Crippen molar-refractivity contribution in [3.05, 3.63) is 20.2 Å². The summed E-state index contributed by atoms with van der Waals surface area (Å²) < 4.78 is 0. The minimum atomic E-state index is -1.19. The Kier molecular flexibility index (Phi) is 1.77. The van der Waals surface area contributed by atoms with E-state index >= 15 is 0 Å². The average molecular weight is 104 g/mol. The van der Waals surface area contributed by atoms with E-state index in [1.807, 2.05) is 0 Å². The summed E-state index contributed by atoms with van der Waals surface area (Å²) in [6, 6.07) is 0. The van der Waals surface area contributed by atoms with Crippen LogP contribution in [0.1, 0.15) is 0 Å². The first-order chi connectivity index (χ1) is 3.13. The molecule has 0 spiro atoms. The lowest BCUT2D eigenvalue weighted by Gasteiger charge is -1.75. The van der Waals surface area contributed by atoms with Crippen LogP contribution in [-0.4, -0.2) is 17.2 Å². The van der Waals surface area contributed by atoms with Gasteiger partial charge in [-0.1, -0.05) is 0 Å². The van der Waals surface area contributed by atoms with Crippen molar-refractivity contribution in [2.45, 2.75) is 0 Å². The van der Waals surface area contributed by atoms with Gasteiger partial charge in [0.25, 0.3) is 0 Å². The molecule has 0 fully saturated rings. The summed E-state index contributed by atoms with van der Waals surface area (Å²) >= 11 is 0. The molecule has 0 bridgehead atoms. The maximum Gasteiger partial charge on any atom is 0.932 e. The van der Waals surface area contributed by atoms with Crippen LogP contribution in [0.4, 0.5) is 0 Å². The third-order valence-corrected chi connectivity index (χ3v) is 0.231. The van der Waals surface area contributed by atoms with Crippen molar-refractivity contribution in [3.8, 4) is 0 Å². The number of nitro groups is 2. The topological polar surface area (TPSA) is 86.3 Å². The first kappa shape index (κ1) is 5.86. The van der Waals surface area contributed by atoms with Crippen LogP contribution in [0.5, 0.6) is 0 Å². The molecule has 0 aromatic rings. The highest BCUT2D eigenvalue weighted by Crippen LogP contribution is 1.62. The molecule has 0 saturated heterocycles. The highest BCUT2D eigenvalue weighted by molar-refractivity contribution is 6.13. The van der Waals surface area contributed by atoms with Crippen LogP contribution < -0.4 is 0 Å². The molecule has 0 atom stereocenters. The third-order valence-electron chi connectivity index (χ3n) is 0.231. The molecule has 0 aliphatic carbocycles. The van der Waals surface area contributed by atoms with Crippen LogP contribution in [-0.2, 0) is 0 Å². The van der Waals surface area contributed by atoms with Gasteiger partial charge >= 0.3 is 7.55 Å². The van der Waals surface area contributed by atoms with Crippen molar-refractivity contribution >= 4 is 7.55 Å². The van der Waals surface area contributed by atoms with Crippen LogP contribution in [0, 0.1) is 20.2 Å². The molecular formula is HBN2O4. The van der Waals surface area contributed by atoms with Crippen LogP contribution in [0.15, 0.2) is 0 Å². The number of nitrogens with zero attached hydrogens (tertiary/aromatic N) is 2. The van der Waals surface area contributed by atoms with Gasteiger partial charge in [-0.15, -0.1) is 0 Å². The molecular weight excluding hydrogens is 103 g/mol. The van der Waals surface area contributed by atoms with E-state index in [4.69, 9.17) is 0 Å². The molecule has 38 valence electrons. The van der Waals surface area contributed by atoms with E-state index in [2.05, 4.69) is 0 Å². The molecule has 0 amide bonds. The maximum absolute atomic E-state index is 9.17. The second-order valence-electron chi connectivity index (χ2n) is 0.807. The monoisotopic (exact) mass is 104 g/mol. The fraction of sp³-hybridized carbons (Fsp3) is 0. The lowest BCUT2D eigenvalue weighted by molar-refractivity contribution is -0.454. The Morgan fingerprint density at radius 1 is 1.14 bits per heavy atom. The molecule has 6 nitrogen and oxygen atoms in total. The van der Waals surface area contributed by atoms with E-state index in [-0.39, 0.29) is 0 Å². The maximum atomic E-state index is 9.17. The van der Waals surface area contributed by atoms with Crippen molar-refractivity contribution in [2.24, 2.45) is 0 Å². The fourth-order valence-electron chi connectivity index (χ4n) is 0.0943. The number of hydrogen-bond donors (Lipinski definition) is 0. The Morgan fingerprint density at radius 3 is 1.43 bits per heavy atom. The molecule has 0 aliphatic rings. The van der Waals surface area contributed by atoms with Crippen molar-refractivity contribution in [3.63, 3.8) is 0 Å². The average Bonchev–Trinajstić information content (AvgIpc) is 1.27. The highest BCUT2D eigenvalue weighted by atomic mass is 16.7. The predicted octanol–water partition coefficient (Wildman–Crippen LogP) is -1.19. The SMILES string of the molecule is O=[N+]([O-])B[N+](=O)[O-]. The second kappa shape index (κ2) is 2.11. The van der Waals surface area contributed by atoms with Crippen LogP contribution in [0.25, 0.3) is 0 Å². The van der Waals surface area contributed by atoms with Gasteiger partial charge < -0.3 is 0 Å².